The zero-order valence-electron chi connectivity index (χ0n) is 48.2. The number of rotatable bonds is 27. The lowest BCUT2D eigenvalue weighted by Gasteiger charge is -2.16. The molecule has 3 aliphatic rings. The molecule has 3 aliphatic carbocycles. The highest BCUT2D eigenvalue weighted by Gasteiger charge is 2.28. The van der Waals surface area contributed by atoms with Crippen LogP contribution in [0.2, 0.25) is 0 Å². The van der Waals surface area contributed by atoms with Crippen LogP contribution in [0, 0.1) is 76.9 Å². The molecule has 1 unspecified atom stereocenters. The molecule has 0 radical (unpaired) electrons. The second-order valence-corrected chi connectivity index (χ2v) is 25.3. The Bertz CT molecular complexity index is 931. The van der Waals surface area contributed by atoms with Crippen LogP contribution >= 0.6 is 0 Å². The molecule has 9 atom stereocenters. The van der Waals surface area contributed by atoms with Gasteiger partial charge in [0, 0.05) is 24.2 Å². The van der Waals surface area contributed by atoms with Gasteiger partial charge in [-0.2, -0.15) is 0 Å². The molecule has 7 nitrogen and oxygen atoms in total. The maximum absolute atomic E-state index is 6.04. The van der Waals surface area contributed by atoms with Crippen molar-refractivity contribution in [1.82, 2.24) is 0 Å². The summed E-state index contributed by atoms with van der Waals surface area (Å²) >= 11 is 0. The molecule has 0 spiro atoms. The van der Waals surface area contributed by atoms with Gasteiger partial charge in [0.2, 0.25) is 0 Å². The van der Waals surface area contributed by atoms with E-state index in [0.717, 1.165) is 110 Å². The van der Waals surface area contributed by atoms with Gasteiger partial charge in [-0.15, -0.1) is 0 Å². The molecule has 0 aromatic heterocycles. The Morgan fingerprint density at radius 3 is 0.970 bits per heavy atom. The lowest BCUT2D eigenvalue weighted by molar-refractivity contribution is 0.395. The summed E-state index contributed by atoms with van der Waals surface area (Å²) in [6.07, 6.45) is 29.8. The number of unbranched alkanes of at least 4 members (excludes halogenated alkanes) is 1. The Labute approximate surface area is 417 Å². The van der Waals surface area contributed by atoms with E-state index in [1.165, 1.54) is 128 Å². The van der Waals surface area contributed by atoms with Crippen molar-refractivity contribution in [2.45, 2.75) is 283 Å². The monoisotopic (exact) mass is 938 g/mol. The number of hydrogen-bond acceptors (Lipinski definition) is 7. The molecule has 7 heteroatoms. The molecule has 66 heavy (non-hydrogen) atoms. The Morgan fingerprint density at radius 1 is 0.364 bits per heavy atom. The second kappa shape index (κ2) is 44.6. The molecule has 0 heterocycles. The molecule has 3 saturated carbocycles. The molecule has 14 N–H and O–H groups in total. The Balaban J connectivity index is -0.000000724. The Hall–Kier alpha value is -0.280. The van der Waals surface area contributed by atoms with Gasteiger partial charge >= 0.3 is 0 Å². The van der Waals surface area contributed by atoms with Crippen LogP contribution in [-0.4, -0.2) is 43.8 Å². The minimum Gasteiger partial charge on any atom is -0.330 e. The Morgan fingerprint density at radius 2 is 0.697 bits per heavy atom. The maximum Gasteiger partial charge on any atom is 0.00417 e. The molecule has 3 fully saturated rings. The molecule has 0 aromatic rings. The van der Waals surface area contributed by atoms with Gasteiger partial charge in [0.1, 0.15) is 0 Å². The van der Waals surface area contributed by atoms with E-state index >= 15 is 0 Å². The highest BCUT2D eigenvalue weighted by Crippen LogP contribution is 2.39. The minimum atomic E-state index is 0.364. The minimum absolute atomic E-state index is 0.364. The summed E-state index contributed by atoms with van der Waals surface area (Å²) in [5.41, 5.74) is 40.2. The average Bonchev–Trinajstić information content (AvgIpc) is 3.81. The van der Waals surface area contributed by atoms with Crippen LogP contribution in [0.25, 0.3) is 0 Å². The van der Waals surface area contributed by atoms with Crippen molar-refractivity contribution in [2.75, 3.05) is 19.6 Å². The summed E-state index contributed by atoms with van der Waals surface area (Å²) in [5, 5.41) is 0. The van der Waals surface area contributed by atoms with Crippen molar-refractivity contribution in [3.63, 3.8) is 0 Å². The van der Waals surface area contributed by atoms with E-state index in [0.29, 0.717) is 30.1 Å². The first kappa shape index (κ1) is 70.0. The van der Waals surface area contributed by atoms with Gasteiger partial charge in [0.05, 0.1) is 0 Å². The number of nitrogens with two attached hydrogens (primary N) is 7. The van der Waals surface area contributed by atoms with Crippen molar-refractivity contribution >= 4 is 0 Å². The fourth-order valence-corrected chi connectivity index (χ4v) is 10.2. The van der Waals surface area contributed by atoms with Crippen LogP contribution in [0.5, 0.6) is 0 Å². The SMILES string of the molecule is CC(C)CC[C@H](N)CC(C)C.CC(C)C[C@@H](N)CCC(C)C1CC1.CC(C)C[C@@H](N)CCCN.CC(C)C[C@H]1CC[C@@H](CN)C1.CC(C)C[C@H]1CC[C@H](CN)C1.CCCC[C@@H](N)CC(C)C. The third kappa shape index (κ3) is 50.1. The summed E-state index contributed by atoms with van der Waals surface area (Å²) < 4.78 is 0. The van der Waals surface area contributed by atoms with Gasteiger partial charge in [-0.1, -0.05) is 136 Å². The largest absolute Gasteiger partial charge is 0.330 e. The van der Waals surface area contributed by atoms with Crippen LogP contribution in [0.4, 0.5) is 0 Å². The Kier molecular flexibility index (Phi) is 47.3. The van der Waals surface area contributed by atoms with Crippen LogP contribution in [0.1, 0.15) is 258 Å². The first-order chi connectivity index (χ1) is 30.9. The summed E-state index contributed by atoms with van der Waals surface area (Å²) in [4.78, 5) is 0. The van der Waals surface area contributed by atoms with E-state index in [9.17, 15) is 0 Å². The highest BCUT2D eigenvalue weighted by molar-refractivity contribution is 4.80. The molecular formula is C59H131N7. The zero-order chi connectivity index (χ0) is 51.2. The molecule has 0 amide bonds. The summed E-state index contributed by atoms with van der Waals surface area (Å²) in [7, 11) is 0. The standard InChI is InChI=1S/C12H25N.2C10H21N.C10H23N.C9H21N.C8H20N2/c1-9(2)8-12(13)7-4-10(3)11-5-6-11;2*1-8(2)5-9-3-4-10(6-9)7-11;1-8(2)5-6-10(11)7-9(3)4;1-4-5-6-9(10)7-8(2)3;1-7(2)6-8(10)4-3-5-9/h9-12H,4-8,13H2,1-3H3;2*8-10H,3-7,11H2,1-2H3;8-10H,5-7,11H2,1-4H3;8-9H,4-7,10H2,1-3H3;7-8H,3-6,9-10H2,1-2H3/t10?,12-;9-,10+;9-,10-;10-;9-;8-/m011010/s1. The van der Waals surface area contributed by atoms with Crippen molar-refractivity contribution in [1.29, 1.82) is 0 Å². The van der Waals surface area contributed by atoms with Crippen LogP contribution in [0.3, 0.4) is 0 Å². The smallest absolute Gasteiger partial charge is 0.00417 e. The predicted molar refractivity (Wildman–Crippen MR) is 301 cm³/mol. The third-order valence-corrected chi connectivity index (χ3v) is 13.9. The first-order valence-corrected chi connectivity index (χ1v) is 29.0. The predicted octanol–water partition coefficient (Wildman–Crippen LogP) is 14.4. The fourth-order valence-electron chi connectivity index (χ4n) is 10.2. The zero-order valence-corrected chi connectivity index (χ0v) is 48.2. The first-order valence-electron chi connectivity index (χ1n) is 29.0. The van der Waals surface area contributed by atoms with Crippen LogP contribution < -0.4 is 40.1 Å². The normalized spacial score (nSPS) is 21.5. The van der Waals surface area contributed by atoms with E-state index in [-0.39, 0.29) is 0 Å². The van der Waals surface area contributed by atoms with Gasteiger partial charge in [0.15, 0.2) is 0 Å². The van der Waals surface area contributed by atoms with Crippen LogP contribution in [0.15, 0.2) is 0 Å². The van der Waals surface area contributed by atoms with Gasteiger partial charge in [0.25, 0.3) is 0 Å². The molecule has 3 rings (SSSR count). The van der Waals surface area contributed by atoms with Crippen molar-refractivity contribution < 1.29 is 0 Å². The van der Waals surface area contributed by atoms with Crippen molar-refractivity contribution in [2.24, 2.45) is 117 Å². The molecule has 0 aromatic carbocycles. The maximum atomic E-state index is 6.04. The van der Waals surface area contributed by atoms with Gasteiger partial charge in [-0.3, -0.25) is 0 Å². The topological polar surface area (TPSA) is 182 Å². The molecule has 0 aliphatic heterocycles. The van der Waals surface area contributed by atoms with E-state index in [4.69, 9.17) is 40.1 Å². The van der Waals surface area contributed by atoms with Crippen molar-refractivity contribution in [3.8, 4) is 0 Å². The second-order valence-electron chi connectivity index (χ2n) is 25.3. The van der Waals surface area contributed by atoms with E-state index < -0.39 is 0 Å². The summed E-state index contributed by atoms with van der Waals surface area (Å²) in [6, 6.07) is 1.68. The van der Waals surface area contributed by atoms with Gasteiger partial charge in [-0.25, -0.2) is 0 Å². The van der Waals surface area contributed by atoms with E-state index in [1.54, 1.807) is 0 Å². The quantitative estimate of drug-likeness (QED) is 0.0428. The van der Waals surface area contributed by atoms with Gasteiger partial charge in [-0.05, 0) is 219 Å². The summed E-state index contributed by atoms with van der Waals surface area (Å²) in [5.74, 6) is 11.2. The molecule has 0 saturated heterocycles. The molecule has 0 bridgehead atoms. The highest BCUT2D eigenvalue weighted by atomic mass is 14.6. The third-order valence-electron chi connectivity index (χ3n) is 13.9. The van der Waals surface area contributed by atoms with Crippen molar-refractivity contribution in [3.05, 3.63) is 0 Å². The molecule has 402 valence electrons. The fraction of sp³-hybridized carbons (Fsp3) is 1.00. The lowest BCUT2D eigenvalue weighted by atomic mass is 9.94. The van der Waals surface area contributed by atoms with Gasteiger partial charge < -0.3 is 40.1 Å². The van der Waals surface area contributed by atoms with Crippen LogP contribution in [-0.2, 0) is 0 Å². The van der Waals surface area contributed by atoms with E-state index in [2.05, 4.69) is 111 Å². The lowest BCUT2D eigenvalue weighted by Crippen LogP contribution is -2.22. The number of hydrogen-bond donors (Lipinski definition) is 7. The summed E-state index contributed by atoms with van der Waals surface area (Å²) in [6.45, 7) is 38.8. The average molecular weight is 939 g/mol. The van der Waals surface area contributed by atoms with E-state index in [1.807, 2.05) is 0 Å². The molecular weight excluding hydrogens is 807 g/mol.